The van der Waals surface area contributed by atoms with Crippen molar-refractivity contribution >= 4 is 28.3 Å². The zero-order valence-electron chi connectivity index (χ0n) is 13.5. The molecule has 0 aliphatic rings. The van der Waals surface area contributed by atoms with Crippen LogP contribution in [0.4, 0.5) is 8.78 Å². The van der Waals surface area contributed by atoms with Crippen LogP contribution in [0.25, 0.3) is 11.0 Å². The second-order valence-electron chi connectivity index (χ2n) is 5.21. The summed E-state index contributed by atoms with van der Waals surface area (Å²) >= 11 is 1.26. The van der Waals surface area contributed by atoms with Gasteiger partial charge in [0, 0.05) is 12.5 Å². The third-order valence-electron chi connectivity index (χ3n) is 3.49. The average Bonchev–Trinajstić information content (AvgIpc) is 3.19. The molecule has 3 rings (SSSR count). The van der Waals surface area contributed by atoms with Gasteiger partial charge in [-0.3, -0.25) is 4.57 Å². The number of nitrogens with zero attached hydrogens (tertiary/aromatic N) is 3. The van der Waals surface area contributed by atoms with E-state index in [1.165, 1.54) is 25.4 Å². The summed E-state index contributed by atoms with van der Waals surface area (Å²) in [5, 5.41) is 2.17. The number of esters is 1. The van der Waals surface area contributed by atoms with Crippen molar-refractivity contribution in [3.05, 3.63) is 46.2 Å². The van der Waals surface area contributed by atoms with Gasteiger partial charge in [0.05, 0.1) is 17.6 Å². The number of alkyl halides is 2. The van der Waals surface area contributed by atoms with E-state index in [1.54, 1.807) is 29.6 Å². The first-order chi connectivity index (χ1) is 12.0. The monoisotopic (exact) mass is 367 g/mol. The number of fused-ring (bicyclic) bond motifs is 1. The molecule has 0 aliphatic carbocycles. The van der Waals surface area contributed by atoms with E-state index in [0.29, 0.717) is 10.5 Å². The zero-order chi connectivity index (χ0) is 18.0. The fraction of sp³-hybridized carbons (Fsp3) is 0.312. The minimum Gasteiger partial charge on any atom is -0.450 e. The van der Waals surface area contributed by atoms with Crippen molar-refractivity contribution in [1.82, 2.24) is 14.5 Å². The number of thiazole rings is 1. The van der Waals surface area contributed by atoms with E-state index >= 15 is 0 Å². The SMILES string of the molecule is COCc1nc(C(=O)O[C@@H](C)c2nc3ccccc3n2C(F)F)cs1. The quantitative estimate of drug-likeness (QED) is 0.617. The van der Waals surface area contributed by atoms with Gasteiger partial charge in [0.1, 0.15) is 5.01 Å². The van der Waals surface area contributed by atoms with Crippen LogP contribution >= 0.6 is 11.3 Å². The fourth-order valence-electron chi connectivity index (χ4n) is 2.42. The number of methoxy groups -OCH3 is 1. The molecule has 0 spiro atoms. The Balaban J connectivity index is 1.85. The standard InChI is InChI=1S/C16H15F2N3O3S/c1-9(24-15(22)11-8-25-13(19-11)7-23-2)14-20-10-5-3-4-6-12(10)21(14)16(17)18/h3-6,8-9,16H,7H2,1-2H3/t9-/m0/s1. The molecule has 3 aromatic rings. The smallest absolute Gasteiger partial charge is 0.358 e. The summed E-state index contributed by atoms with van der Waals surface area (Å²) in [7, 11) is 1.52. The molecule has 1 atom stereocenters. The number of ether oxygens (including phenoxy) is 2. The Bertz CT molecular complexity index is 894. The maximum Gasteiger partial charge on any atom is 0.358 e. The molecule has 0 unspecified atom stereocenters. The highest BCUT2D eigenvalue weighted by molar-refractivity contribution is 7.09. The van der Waals surface area contributed by atoms with Gasteiger partial charge in [-0.25, -0.2) is 14.8 Å². The summed E-state index contributed by atoms with van der Waals surface area (Å²) in [6, 6.07) is 6.53. The normalized spacial score (nSPS) is 12.7. The molecule has 0 fully saturated rings. The molecule has 0 aliphatic heterocycles. The number of hydrogen-bond acceptors (Lipinski definition) is 6. The van der Waals surface area contributed by atoms with E-state index in [0.717, 1.165) is 4.57 Å². The van der Waals surface area contributed by atoms with Crippen molar-refractivity contribution in [1.29, 1.82) is 0 Å². The number of halogens is 2. The van der Waals surface area contributed by atoms with Crippen molar-refractivity contribution in [2.24, 2.45) is 0 Å². The van der Waals surface area contributed by atoms with E-state index in [2.05, 4.69) is 9.97 Å². The van der Waals surface area contributed by atoms with Crippen LogP contribution in [0.1, 0.15) is 40.9 Å². The summed E-state index contributed by atoms with van der Waals surface area (Å²) in [6.07, 6.45) is -0.957. The van der Waals surface area contributed by atoms with Crippen molar-refractivity contribution < 1.29 is 23.0 Å². The number of benzene rings is 1. The van der Waals surface area contributed by atoms with E-state index in [9.17, 15) is 13.6 Å². The van der Waals surface area contributed by atoms with Crippen LogP contribution < -0.4 is 0 Å². The van der Waals surface area contributed by atoms with Crippen LogP contribution in [0.15, 0.2) is 29.6 Å². The van der Waals surface area contributed by atoms with Gasteiger partial charge in [-0.2, -0.15) is 8.78 Å². The number of aromatic nitrogens is 3. The number of carbonyl (C=O) groups is 1. The minimum atomic E-state index is -2.80. The molecule has 1 aromatic carbocycles. The molecular weight excluding hydrogens is 352 g/mol. The summed E-state index contributed by atoms with van der Waals surface area (Å²) in [4.78, 5) is 20.5. The first kappa shape index (κ1) is 17.4. The van der Waals surface area contributed by atoms with E-state index in [-0.39, 0.29) is 23.6 Å². The van der Waals surface area contributed by atoms with Crippen LogP contribution in [0.2, 0.25) is 0 Å². The van der Waals surface area contributed by atoms with Crippen LogP contribution in [0.3, 0.4) is 0 Å². The van der Waals surface area contributed by atoms with Gasteiger partial charge in [0.15, 0.2) is 17.6 Å². The zero-order valence-corrected chi connectivity index (χ0v) is 14.3. The van der Waals surface area contributed by atoms with Gasteiger partial charge < -0.3 is 9.47 Å². The van der Waals surface area contributed by atoms with Gasteiger partial charge >= 0.3 is 12.5 Å². The lowest BCUT2D eigenvalue weighted by molar-refractivity contribution is 0.0228. The maximum atomic E-state index is 13.5. The maximum absolute atomic E-state index is 13.5. The molecule has 0 bridgehead atoms. The molecule has 2 heterocycles. The van der Waals surface area contributed by atoms with Crippen LogP contribution in [0, 0.1) is 0 Å². The number of carbonyl (C=O) groups excluding carboxylic acids is 1. The molecule has 9 heteroatoms. The molecule has 0 amide bonds. The summed E-state index contributed by atoms with van der Waals surface area (Å²) in [5.41, 5.74) is 0.812. The predicted molar refractivity (Wildman–Crippen MR) is 87.6 cm³/mol. The van der Waals surface area contributed by atoms with Crippen LogP contribution in [-0.2, 0) is 16.1 Å². The second-order valence-corrected chi connectivity index (χ2v) is 6.16. The Morgan fingerprint density at radius 3 is 2.80 bits per heavy atom. The minimum absolute atomic E-state index is 0.0168. The Morgan fingerprint density at radius 1 is 1.32 bits per heavy atom. The van der Waals surface area contributed by atoms with E-state index < -0.39 is 18.6 Å². The Morgan fingerprint density at radius 2 is 2.08 bits per heavy atom. The highest BCUT2D eigenvalue weighted by Crippen LogP contribution is 2.28. The van der Waals surface area contributed by atoms with Crippen LogP contribution in [0.5, 0.6) is 0 Å². The molecule has 0 saturated heterocycles. The van der Waals surface area contributed by atoms with Gasteiger partial charge in [0.2, 0.25) is 0 Å². The first-order valence-corrected chi connectivity index (χ1v) is 8.28. The molecule has 0 saturated carbocycles. The van der Waals surface area contributed by atoms with Gasteiger partial charge in [-0.15, -0.1) is 11.3 Å². The van der Waals surface area contributed by atoms with Gasteiger partial charge in [0.25, 0.3) is 0 Å². The summed E-state index contributed by atoms with van der Waals surface area (Å²) in [6.45, 7) is -1.01. The lowest BCUT2D eigenvalue weighted by Crippen LogP contribution is -2.15. The third kappa shape index (κ3) is 3.52. The predicted octanol–water partition coefficient (Wildman–Crippen LogP) is 3.95. The molecule has 6 nitrogen and oxygen atoms in total. The number of rotatable bonds is 6. The highest BCUT2D eigenvalue weighted by atomic mass is 32.1. The fourth-order valence-corrected chi connectivity index (χ4v) is 3.16. The van der Waals surface area contributed by atoms with Crippen molar-refractivity contribution in [3.8, 4) is 0 Å². The largest absolute Gasteiger partial charge is 0.450 e. The van der Waals surface area contributed by atoms with E-state index in [4.69, 9.17) is 9.47 Å². The number of para-hydroxylation sites is 2. The molecular formula is C16H15F2N3O3S. The van der Waals surface area contributed by atoms with Gasteiger partial charge in [-0.05, 0) is 19.1 Å². The molecule has 132 valence electrons. The lowest BCUT2D eigenvalue weighted by Gasteiger charge is -2.14. The number of imidazole rings is 1. The lowest BCUT2D eigenvalue weighted by atomic mass is 10.3. The molecule has 2 aromatic heterocycles. The van der Waals surface area contributed by atoms with Crippen molar-refractivity contribution in [2.45, 2.75) is 26.2 Å². The average molecular weight is 367 g/mol. The Kier molecular flexibility index (Phi) is 5.05. The van der Waals surface area contributed by atoms with Crippen LogP contribution in [-0.4, -0.2) is 27.6 Å². The molecule has 25 heavy (non-hydrogen) atoms. The summed E-state index contributed by atoms with van der Waals surface area (Å²) in [5.74, 6) is -0.712. The third-order valence-corrected chi connectivity index (χ3v) is 4.32. The number of hydrogen-bond donors (Lipinski definition) is 0. The van der Waals surface area contributed by atoms with Crippen molar-refractivity contribution in [2.75, 3.05) is 7.11 Å². The molecule has 0 radical (unpaired) electrons. The topological polar surface area (TPSA) is 66.2 Å². The summed E-state index contributed by atoms with van der Waals surface area (Å²) < 4.78 is 37.9. The van der Waals surface area contributed by atoms with E-state index in [1.807, 2.05) is 0 Å². The molecule has 0 N–H and O–H groups in total. The second kappa shape index (κ2) is 7.24. The Labute approximate surface area is 146 Å². The van der Waals surface area contributed by atoms with Gasteiger partial charge in [-0.1, -0.05) is 12.1 Å². The highest BCUT2D eigenvalue weighted by Gasteiger charge is 2.25. The Hall–Kier alpha value is -2.39. The van der Waals surface area contributed by atoms with Crippen molar-refractivity contribution in [3.63, 3.8) is 0 Å². The first-order valence-electron chi connectivity index (χ1n) is 7.40.